The average Bonchev–Trinajstić information content (AvgIpc) is 3.65. The molecule has 0 radical (unpaired) electrons. The number of hydrogen-bond donors (Lipinski definition) is 2. The van der Waals surface area contributed by atoms with Crippen LogP contribution in [-0.2, 0) is 41.6 Å². The Morgan fingerprint density at radius 3 is 2.67 bits per heavy atom. The number of thiazole rings is 1. The van der Waals surface area contributed by atoms with Crippen molar-refractivity contribution in [3.8, 4) is 0 Å². The minimum absolute atomic E-state index is 0.0344. The highest BCUT2D eigenvalue weighted by Crippen LogP contribution is 2.42. The molecule has 2 amide bonds. The third-order valence-electron chi connectivity index (χ3n) is 7.23. The van der Waals surface area contributed by atoms with E-state index in [1.807, 2.05) is 32.8 Å². The molecule has 0 spiro atoms. The van der Waals surface area contributed by atoms with Crippen LogP contribution in [0.4, 0.5) is 9.93 Å². The zero-order valence-corrected chi connectivity index (χ0v) is 28.8. The van der Waals surface area contributed by atoms with Gasteiger partial charge in [0.15, 0.2) is 5.13 Å². The Morgan fingerprint density at radius 2 is 2.00 bits per heavy atom. The highest BCUT2D eigenvalue weighted by molar-refractivity contribution is 8.01. The monoisotopic (exact) mass is 697 g/mol. The number of tetrazole rings is 1. The second-order valence-electron chi connectivity index (χ2n) is 10.9. The predicted octanol–water partition coefficient (Wildman–Crippen LogP) is 1.74. The fraction of sp³-hybridized carbons (Fsp3) is 0.630. The highest BCUT2D eigenvalue weighted by atomic mass is 32.2. The maximum atomic E-state index is 13.6. The zero-order chi connectivity index (χ0) is 33.4. The summed E-state index contributed by atoms with van der Waals surface area (Å²) in [6.07, 6.45) is -0.591. The molecular weight excluding hydrogens is 659 g/mol. The summed E-state index contributed by atoms with van der Waals surface area (Å²) < 4.78 is 17.5. The fourth-order valence-electron chi connectivity index (χ4n) is 4.57. The summed E-state index contributed by atoms with van der Waals surface area (Å²) in [4.78, 5) is 59.4. The number of nitrogen functional groups attached to an aromatic ring is 1. The first kappa shape index (κ1) is 35.4. The van der Waals surface area contributed by atoms with E-state index in [1.165, 1.54) is 46.7 Å². The van der Waals surface area contributed by atoms with Crippen LogP contribution in [0.3, 0.4) is 0 Å². The summed E-state index contributed by atoms with van der Waals surface area (Å²) in [6.45, 7) is 6.87. The third-order valence-corrected chi connectivity index (χ3v) is 10.3. The molecule has 2 aromatic heterocycles. The van der Waals surface area contributed by atoms with E-state index in [1.54, 1.807) is 10.1 Å². The first-order chi connectivity index (χ1) is 22.0. The molecule has 1 saturated heterocycles. The molecule has 4 rings (SSSR count). The normalized spacial score (nSPS) is 18.3. The lowest BCUT2D eigenvalue weighted by Gasteiger charge is -2.49. The van der Waals surface area contributed by atoms with Gasteiger partial charge in [-0.1, -0.05) is 38.5 Å². The zero-order valence-electron chi connectivity index (χ0n) is 26.3. The molecule has 2 aliphatic heterocycles. The first-order valence-corrected chi connectivity index (χ1v) is 17.7. The second-order valence-corrected chi connectivity index (χ2v) is 13.8. The van der Waals surface area contributed by atoms with Crippen molar-refractivity contribution in [2.45, 2.75) is 69.4 Å². The quantitative estimate of drug-likeness (QED) is 0.111. The lowest BCUT2D eigenvalue weighted by atomic mass is 10.0. The molecule has 252 valence electrons. The van der Waals surface area contributed by atoms with Crippen molar-refractivity contribution in [1.29, 1.82) is 0 Å². The summed E-state index contributed by atoms with van der Waals surface area (Å²) in [7, 11) is 3.89. The van der Waals surface area contributed by atoms with Crippen LogP contribution in [0.2, 0.25) is 0 Å². The predicted molar refractivity (Wildman–Crippen MR) is 171 cm³/mol. The molecule has 4 heterocycles. The van der Waals surface area contributed by atoms with Gasteiger partial charge in [0.05, 0.1) is 25.3 Å². The molecule has 0 aromatic carbocycles. The summed E-state index contributed by atoms with van der Waals surface area (Å²) in [5.74, 6) is -0.854. The van der Waals surface area contributed by atoms with Gasteiger partial charge in [-0.25, -0.2) is 19.3 Å². The Labute approximate surface area is 279 Å². The molecule has 2 aromatic rings. The van der Waals surface area contributed by atoms with E-state index in [2.05, 4.69) is 25.8 Å². The molecule has 16 nitrogen and oxygen atoms in total. The van der Waals surface area contributed by atoms with Crippen LogP contribution in [0.5, 0.6) is 0 Å². The van der Waals surface area contributed by atoms with E-state index in [-0.39, 0.29) is 30.4 Å². The van der Waals surface area contributed by atoms with E-state index in [0.717, 1.165) is 19.4 Å². The molecule has 1 unspecified atom stereocenters. The van der Waals surface area contributed by atoms with Gasteiger partial charge in [-0.15, -0.1) is 28.2 Å². The number of esters is 1. The number of nitrogens with one attached hydrogen (secondary N) is 1. The van der Waals surface area contributed by atoms with Gasteiger partial charge in [-0.3, -0.25) is 14.5 Å². The number of nitrogens with two attached hydrogens (primary N) is 1. The lowest BCUT2D eigenvalue weighted by Crippen LogP contribution is -2.70. The smallest absolute Gasteiger partial charge is 0.434 e. The summed E-state index contributed by atoms with van der Waals surface area (Å²) in [5.41, 5.74) is 6.81. The number of fused-ring (bicyclic) bond motifs is 1. The fourth-order valence-corrected chi connectivity index (χ4v) is 7.52. The van der Waals surface area contributed by atoms with Crippen molar-refractivity contribution in [2.75, 3.05) is 44.5 Å². The van der Waals surface area contributed by atoms with Crippen LogP contribution in [0.15, 0.2) is 21.8 Å². The Morgan fingerprint density at radius 1 is 1.24 bits per heavy atom. The number of ether oxygens (including phenoxy) is 3. The number of carbonyl (C=O) groups excluding carboxylic acids is 4. The minimum atomic E-state index is -1.29. The van der Waals surface area contributed by atoms with Crippen LogP contribution in [0.1, 0.15) is 39.3 Å². The second kappa shape index (κ2) is 16.4. The Balaban J connectivity index is 1.47. The Hall–Kier alpha value is -3.42. The van der Waals surface area contributed by atoms with E-state index >= 15 is 0 Å². The molecule has 3 atom stereocenters. The van der Waals surface area contributed by atoms with Crippen molar-refractivity contribution in [3.05, 3.63) is 22.3 Å². The van der Waals surface area contributed by atoms with Crippen molar-refractivity contribution >= 4 is 63.9 Å². The number of anilines is 1. The molecule has 0 aliphatic carbocycles. The maximum Gasteiger partial charge on any atom is 0.511 e. The first-order valence-electron chi connectivity index (χ1n) is 14.7. The molecule has 19 heteroatoms. The van der Waals surface area contributed by atoms with E-state index < -0.39 is 41.6 Å². The van der Waals surface area contributed by atoms with Gasteiger partial charge in [-0.2, -0.15) is 0 Å². The van der Waals surface area contributed by atoms with Gasteiger partial charge in [0.2, 0.25) is 17.4 Å². The summed E-state index contributed by atoms with van der Waals surface area (Å²) in [6, 6.07) is -0.849. The van der Waals surface area contributed by atoms with E-state index in [9.17, 15) is 19.2 Å². The molecule has 0 bridgehead atoms. The minimum Gasteiger partial charge on any atom is -0.434 e. The van der Waals surface area contributed by atoms with Crippen molar-refractivity contribution in [2.24, 2.45) is 5.92 Å². The van der Waals surface area contributed by atoms with Gasteiger partial charge in [0.25, 0.3) is 5.91 Å². The number of nitrogens with zero attached hydrogens (tertiary/aromatic N) is 7. The Kier molecular flexibility index (Phi) is 12.6. The largest absolute Gasteiger partial charge is 0.511 e. The number of aromatic nitrogens is 5. The van der Waals surface area contributed by atoms with Crippen molar-refractivity contribution < 1.29 is 33.4 Å². The van der Waals surface area contributed by atoms with Crippen molar-refractivity contribution in [3.63, 3.8) is 0 Å². The number of amides is 2. The summed E-state index contributed by atoms with van der Waals surface area (Å²) >= 11 is 3.95. The molecule has 3 N–H and O–H groups in total. The molecule has 46 heavy (non-hydrogen) atoms. The number of thioether (sulfide) groups is 2. The average molecular weight is 698 g/mol. The molecule has 2 aliphatic rings. The third kappa shape index (κ3) is 9.10. The van der Waals surface area contributed by atoms with E-state index in [4.69, 9.17) is 19.9 Å². The highest BCUT2D eigenvalue weighted by Gasteiger charge is 2.54. The van der Waals surface area contributed by atoms with Crippen molar-refractivity contribution in [1.82, 2.24) is 40.3 Å². The van der Waals surface area contributed by atoms with Crippen LogP contribution < -0.4 is 11.1 Å². The van der Waals surface area contributed by atoms with Crippen LogP contribution in [-0.4, -0.2) is 115 Å². The van der Waals surface area contributed by atoms with Crippen LogP contribution >= 0.6 is 34.9 Å². The number of likely N-dealkylation sites (N-methyl/N-ethyl adjacent to an activating group) is 1. The molecular formula is C27H39N9O7S3. The van der Waals surface area contributed by atoms with Gasteiger partial charge in [0, 0.05) is 30.4 Å². The molecule has 1 fully saturated rings. The Bertz CT molecular complexity index is 1430. The maximum absolute atomic E-state index is 13.6. The number of β-lactam (4-membered cyclic amide) rings is 1. The molecule has 0 saturated carbocycles. The topological polar surface area (TPSA) is 197 Å². The van der Waals surface area contributed by atoms with Crippen LogP contribution in [0, 0.1) is 5.92 Å². The SMILES string of the molecule is CCC(CC)COC(=O)OC(C)OC(=O)C1=C(CSc2nnnn2CCN(C)C)CS[C@H]2[C@H](NC(=O)Cc3csc(N)n3)C(=O)N12. The standard InChI is InChI=1S/C27H39N9O7S3/c1-6-16(7-2)11-41-27(40)43-15(3)42-24(39)21-17(13-46-26-31-32-33-35(26)9-8-34(4)5)12-44-23-20(22(38)36(21)23)30-19(37)10-18-14-45-25(28)29-18/h14-16,20,23H,6-13H2,1-5H3,(H2,28,29)(H,30,37)/t15?,20-,23+/m1/s1. The lowest BCUT2D eigenvalue weighted by molar-refractivity contribution is -0.169. The van der Waals surface area contributed by atoms with Gasteiger partial charge < -0.3 is 30.2 Å². The van der Waals surface area contributed by atoms with E-state index in [0.29, 0.717) is 33.9 Å². The van der Waals surface area contributed by atoms with Gasteiger partial charge >= 0.3 is 12.1 Å². The number of hydrogen-bond acceptors (Lipinski definition) is 16. The van der Waals surface area contributed by atoms with Gasteiger partial charge in [0.1, 0.15) is 17.1 Å². The van der Waals surface area contributed by atoms with Gasteiger partial charge in [-0.05, 0) is 36.0 Å². The number of carbonyl (C=O) groups is 4. The summed E-state index contributed by atoms with van der Waals surface area (Å²) in [5, 5.41) is 16.7. The van der Waals surface area contributed by atoms with Crippen LogP contribution in [0.25, 0.3) is 0 Å². The number of rotatable bonds is 16.